The molecular formula is C14H16Cl2N4. The summed E-state index contributed by atoms with van der Waals surface area (Å²) in [4.78, 5) is 10.8. The van der Waals surface area contributed by atoms with Gasteiger partial charge in [-0.2, -0.15) is 4.98 Å². The zero-order chi connectivity index (χ0) is 14.5. The Labute approximate surface area is 128 Å². The molecule has 0 spiro atoms. The van der Waals surface area contributed by atoms with Crippen molar-refractivity contribution in [3.8, 4) is 0 Å². The van der Waals surface area contributed by atoms with Crippen molar-refractivity contribution in [3.05, 3.63) is 40.5 Å². The van der Waals surface area contributed by atoms with Gasteiger partial charge in [-0.15, -0.1) is 0 Å². The summed E-state index contributed by atoms with van der Waals surface area (Å²) in [5, 5.41) is 4.33. The van der Waals surface area contributed by atoms with E-state index in [1.54, 1.807) is 24.4 Å². The summed E-state index contributed by atoms with van der Waals surface area (Å²) in [6, 6.07) is 7.10. The van der Waals surface area contributed by atoms with Crippen molar-refractivity contribution in [3.63, 3.8) is 0 Å². The molecular weight excluding hydrogens is 295 g/mol. The van der Waals surface area contributed by atoms with E-state index in [9.17, 15) is 0 Å². The summed E-state index contributed by atoms with van der Waals surface area (Å²) in [6.45, 7) is 5.87. The van der Waals surface area contributed by atoms with Gasteiger partial charge in [0, 0.05) is 24.3 Å². The Balaban J connectivity index is 2.23. The van der Waals surface area contributed by atoms with E-state index in [1.165, 1.54) is 0 Å². The molecule has 1 aromatic heterocycles. The molecule has 1 heterocycles. The second-order valence-corrected chi connectivity index (χ2v) is 5.01. The molecule has 0 fully saturated rings. The van der Waals surface area contributed by atoms with Crippen LogP contribution >= 0.6 is 23.2 Å². The van der Waals surface area contributed by atoms with Crippen LogP contribution in [0.2, 0.25) is 10.0 Å². The van der Waals surface area contributed by atoms with Gasteiger partial charge in [-0.25, -0.2) is 4.98 Å². The molecule has 0 aliphatic carbocycles. The molecule has 2 aromatic rings. The number of rotatable bonds is 5. The molecule has 2 rings (SSSR count). The van der Waals surface area contributed by atoms with Gasteiger partial charge in [0.1, 0.15) is 5.82 Å². The zero-order valence-electron chi connectivity index (χ0n) is 11.4. The molecule has 4 nitrogen and oxygen atoms in total. The molecule has 1 aromatic carbocycles. The van der Waals surface area contributed by atoms with Crippen LogP contribution in [0.4, 0.5) is 17.5 Å². The number of benzene rings is 1. The summed E-state index contributed by atoms with van der Waals surface area (Å²) < 4.78 is 0. The molecule has 6 heteroatoms. The average Bonchev–Trinajstić information content (AvgIpc) is 2.44. The van der Waals surface area contributed by atoms with Crippen molar-refractivity contribution in [2.45, 2.75) is 13.8 Å². The number of halogens is 2. The first-order chi connectivity index (χ1) is 9.63. The smallest absolute Gasteiger partial charge is 0.227 e. The van der Waals surface area contributed by atoms with E-state index in [-0.39, 0.29) is 0 Å². The molecule has 0 aliphatic rings. The van der Waals surface area contributed by atoms with Crippen molar-refractivity contribution < 1.29 is 0 Å². The monoisotopic (exact) mass is 310 g/mol. The number of aromatic nitrogens is 2. The summed E-state index contributed by atoms with van der Waals surface area (Å²) in [5.41, 5.74) is 0.764. The Hall–Kier alpha value is -1.52. The summed E-state index contributed by atoms with van der Waals surface area (Å²) in [7, 11) is 0. The van der Waals surface area contributed by atoms with Crippen LogP contribution in [-0.2, 0) is 0 Å². The minimum atomic E-state index is 0.556. The maximum Gasteiger partial charge on any atom is 0.227 e. The van der Waals surface area contributed by atoms with Crippen molar-refractivity contribution in [1.82, 2.24) is 9.97 Å². The van der Waals surface area contributed by atoms with Crippen LogP contribution in [0.15, 0.2) is 30.5 Å². The number of nitrogens with one attached hydrogen (secondary N) is 1. The first kappa shape index (κ1) is 14.9. The standard InChI is InChI=1S/C14H16Cl2N4/c1-3-20(4-2)14-17-8-7-13(19-14)18-12-6-5-10(15)9-11(12)16/h5-9H,3-4H2,1-2H3,(H,17,18,19). The lowest BCUT2D eigenvalue weighted by Crippen LogP contribution is -2.24. The molecule has 0 saturated heterocycles. The maximum absolute atomic E-state index is 6.14. The van der Waals surface area contributed by atoms with E-state index in [0.29, 0.717) is 21.8 Å². The number of anilines is 3. The molecule has 20 heavy (non-hydrogen) atoms. The Morgan fingerprint density at radius 3 is 2.55 bits per heavy atom. The van der Waals surface area contributed by atoms with Gasteiger partial charge in [-0.05, 0) is 38.1 Å². The highest BCUT2D eigenvalue weighted by molar-refractivity contribution is 6.36. The van der Waals surface area contributed by atoms with E-state index in [2.05, 4.69) is 34.0 Å². The van der Waals surface area contributed by atoms with Crippen LogP contribution in [0.1, 0.15) is 13.8 Å². The van der Waals surface area contributed by atoms with E-state index in [1.807, 2.05) is 6.07 Å². The largest absolute Gasteiger partial charge is 0.341 e. The van der Waals surface area contributed by atoms with Gasteiger partial charge in [0.2, 0.25) is 5.95 Å². The van der Waals surface area contributed by atoms with Gasteiger partial charge < -0.3 is 10.2 Å². The molecule has 0 bridgehead atoms. The van der Waals surface area contributed by atoms with Crippen molar-refractivity contribution >= 4 is 40.7 Å². The van der Waals surface area contributed by atoms with Crippen LogP contribution in [0.3, 0.4) is 0 Å². The third-order valence-electron chi connectivity index (χ3n) is 2.88. The third kappa shape index (κ3) is 3.52. The maximum atomic E-state index is 6.14. The highest BCUT2D eigenvalue weighted by Crippen LogP contribution is 2.27. The minimum absolute atomic E-state index is 0.556. The second-order valence-electron chi connectivity index (χ2n) is 4.16. The van der Waals surface area contributed by atoms with Crippen LogP contribution < -0.4 is 10.2 Å². The molecule has 0 radical (unpaired) electrons. The Bertz CT molecular complexity index is 585. The lowest BCUT2D eigenvalue weighted by molar-refractivity contribution is 0.822. The average molecular weight is 311 g/mol. The highest BCUT2D eigenvalue weighted by Gasteiger charge is 2.07. The molecule has 0 aliphatic heterocycles. The van der Waals surface area contributed by atoms with Crippen LogP contribution in [0, 0.1) is 0 Å². The zero-order valence-corrected chi connectivity index (χ0v) is 12.9. The van der Waals surface area contributed by atoms with Gasteiger partial charge in [-0.3, -0.25) is 0 Å². The second kappa shape index (κ2) is 6.77. The van der Waals surface area contributed by atoms with E-state index >= 15 is 0 Å². The molecule has 0 amide bonds. The van der Waals surface area contributed by atoms with Gasteiger partial charge in [-0.1, -0.05) is 23.2 Å². The van der Waals surface area contributed by atoms with E-state index in [0.717, 1.165) is 18.8 Å². The topological polar surface area (TPSA) is 41.1 Å². The van der Waals surface area contributed by atoms with E-state index in [4.69, 9.17) is 23.2 Å². The minimum Gasteiger partial charge on any atom is -0.341 e. The van der Waals surface area contributed by atoms with Crippen molar-refractivity contribution in [2.24, 2.45) is 0 Å². The SMILES string of the molecule is CCN(CC)c1nccc(Nc2ccc(Cl)cc2Cl)n1. The number of hydrogen-bond donors (Lipinski definition) is 1. The fourth-order valence-corrected chi connectivity index (χ4v) is 2.26. The first-order valence-electron chi connectivity index (χ1n) is 6.44. The predicted molar refractivity (Wildman–Crippen MR) is 85.3 cm³/mol. The first-order valence-corrected chi connectivity index (χ1v) is 7.19. The Morgan fingerprint density at radius 2 is 1.90 bits per heavy atom. The summed E-state index contributed by atoms with van der Waals surface area (Å²) >= 11 is 12.0. The molecule has 0 unspecified atom stereocenters. The third-order valence-corrected chi connectivity index (χ3v) is 3.43. The lowest BCUT2D eigenvalue weighted by atomic mass is 10.3. The number of nitrogens with zero attached hydrogens (tertiary/aromatic N) is 3. The Morgan fingerprint density at radius 1 is 1.15 bits per heavy atom. The van der Waals surface area contributed by atoms with Crippen LogP contribution in [-0.4, -0.2) is 23.1 Å². The van der Waals surface area contributed by atoms with Crippen molar-refractivity contribution in [2.75, 3.05) is 23.3 Å². The summed E-state index contributed by atoms with van der Waals surface area (Å²) in [6.07, 6.45) is 1.73. The molecule has 106 valence electrons. The fraction of sp³-hybridized carbons (Fsp3) is 0.286. The Kier molecular flexibility index (Phi) is 5.04. The van der Waals surface area contributed by atoms with Gasteiger partial charge in [0.15, 0.2) is 0 Å². The lowest BCUT2D eigenvalue weighted by Gasteiger charge is -2.19. The summed E-state index contributed by atoms with van der Waals surface area (Å²) in [5.74, 6) is 1.40. The quantitative estimate of drug-likeness (QED) is 0.890. The fourth-order valence-electron chi connectivity index (χ4n) is 1.81. The predicted octanol–water partition coefficient (Wildman–Crippen LogP) is 4.37. The normalized spacial score (nSPS) is 10.4. The highest BCUT2D eigenvalue weighted by atomic mass is 35.5. The number of hydrogen-bond acceptors (Lipinski definition) is 4. The molecule has 0 saturated carbocycles. The van der Waals surface area contributed by atoms with E-state index < -0.39 is 0 Å². The van der Waals surface area contributed by atoms with Crippen LogP contribution in [0.5, 0.6) is 0 Å². The van der Waals surface area contributed by atoms with Crippen LogP contribution in [0.25, 0.3) is 0 Å². The van der Waals surface area contributed by atoms with Gasteiger partial charge in [0.25, 0.3) is 0 Å². The van der Waals surface area contributed by atoms with Gasteiger partial charge in [0.05, 0.1) is 10.7 Å². The van der Waals surface area contributed by atoms with Gasteiger partial charge >= 0.3 is 0 Å². The molecule has 1 N–H and O–H groups in total. The molecule has 0 atom stereocenters. The van der Waals surface area contributed by atoms with Crippen molar-refractivity contribution in [1.29, 1.82) is 0 Å².